The molecule has 5 nitrogen and oxygen atoms in total. The highest BCUT2D eigenvalue weighted by Gasteiger charge is 2.27. The highest BCUT2D eigenvalue weighted by molar-refractivity contribution is 6.65. The molecule has 0 heterocycles. The van der Waals surface area contributed by atoms with Crippen LogP contribution in [-0.4, -0.2) is 40.5 Å². The molecule has 0 aliphatic heterocycles. The van der Waals surface area contributed by atoms with Crippen molar-refractivity contribution in [3.05, 3.63) is 0 Å². The largest absolute Gasteiger partial charge is 0.465 e. The van der Waals surface area contributed by atoms with Gasteiger partial charge in [0, 0.05) is 20.8 Å². The molecule has 0 fully saturated rings. The zero-order chi connectivity index (χ0) is 10.3. The maximum atomic E-state index is 10.1. The summed E-state index contributed by atoms with van der Waals surface area (Å²) in [5.74, 6) is 0. The van der Waals surface area contributed by atoms with Crippen LogP contribution in [-0.2, 0) is 8.85 Å². The zero-order valence-electron chi connectivity index (χ0n) is 8.29. The summed E-state index contributed by atoms with van der Waals surface area (Å²) in [5.41, 5.74) is 0. The number of nitrogens with one attached hydrogen (secondary N) is 1. The van der Waals surface area contributed by atoms with Crippen LogP contribution in [0.5, 0.6) is 0 Å². The van der Waals surface area contributed by atoms with Gasteiger partial charge < -0.3 is 19.3 Å². The second-order valence-corrected chi connectivity index (χ2v) is 6.46. The monoisotopic (exact) mass is 207 g/mol. The van der Waals surface area contributed by atoms with Crippen LogP contribution >= 0.6 is 0 Å². The van der Waals surface area contributed by atoms with Crippen LogP contribution < -0.4 is 5.32 Å². The molecule has 78 valence electrons. The lowest BCUT2D eigenvalue weighted by molar-refractivity contribution is 0.194. The topological polar surface area (TPSA) is 67.8 Å². The molecule has 13 heavy (non-hydrogen) atoms. The van der Waals surface area contributed by atoms with E-state index in [0.29, 0.717) is 6.54 Å². The van der Waals surface area contributed by atoms with E-state index in [-0.39, 0.29) is 0 Å². The normalized spacial score (nSPS) is 11.3. The summed E-state index contributed by atoms with van der Waals surface area (Å²) in [7, 11) is 1.25. The van der Waals surface area contributed by atoms with E-state index >= 15 is 0 Å². The van der Waals surface area contributed by atoms with Crippen molar-refractivity contribution in [1.82, 2.24) is 5.32 Å². The molecular formula is C7H17NO4Si. The van der Waals surface area contributed by atoms with E-state index < -0.39 is 14.7 Å². The summed E-state index contributed by atoms with van der Waals surface area (Å²) < 4.78 is 10.5. The predicted octanol–water partition coefficient (Wildman–Crippen LogP) is 1.01. The Morgan fingerprint density at radius 1 is 1.46 bits per heavy atom. The zero-order valence-corrected chi connectivity index (χ0v) is 9.29. The van der Waals surface area contributed by atoms with E-state index in [1.54, 1.807) is 14.2 Å². The lowest BCUT2D eigenvalue weighted by Crippen LogP contribution is -2.37. The first-order valence-corrected chi connectivity index (χ1v) is 6.63. The van der Waals surface area contributed by atoms with Crippen molar-refractivity contribution >= 4 is 14.7 Å². The van der Waals surface area contributed by atoms with Gasteiger partial charge in [0.15, 0.2) is 0 Å². The van der Waals surface area contributed by atoms with Gasteiger partial charge in [0.05, 0.1) is 0 Å². The SMILES string of the molecule is CO[Si](C)(CCCNC(=O)O)OC. The fourth-order valence-electron chi connectivity index (χ4n) is 0.892. The van der Waals surface area contributed by atoms with Crippen molar-refractivity contribution in [1.29, 1.82) is 0 Å². The molecule has 0 aromatic rings. The van der Waals surface area contributed by atoms with Gasteiger partial charge in [0.25, 0.3) is 0 Å². The number of rotatable bonds is 6. The molecule has 0 radical (unpaired) electrons. The second-order valence-electron chi connectivity index (χ2n) is 2.88. The van der Waals surface area contributed by atoms with Crippen molar-refractivity contribution in [2.45, 2.75) is 19.0 Å². The molecule has 0 bridgehead atoms. The quantitative estimate of drug-likeness (QED) is 0.504. The van der Waals surface area contributed by atoms with Gasteiger partial charge in [-0.05, 0) is 19.0 Å². The van der Waals surface area contributed by atoms with Gasteiger partial charge in [-0.15, -0.1) is 0 Å². The van der Waals surface area contributed by atoms with Gasteiger partial charge in [-0.2, -0.15) is 0 Å². The number of hydrogen-bond acceptors (Lipinski definition) is 3. The van der Waals surface area contributed by atoms with E-state index in [1.165, 1.54) is 0 Å². The van der Waals surface area contributed by atoms with Crippen LogP contribution in [0.25, 0.3) is 0 Å². The Labute approximate surface area is 79.3 Å². The Bertz CT molecular complexity index is 161. The molecule has 6 heteroatoms. The minimum absolute atomic E-state index is 0.449. The predicted molar refractivity (Wildman–Crippen MR) is 51.1 cm³/mol. The van der Waals surface area contributed by atoms with Gasteiger partial charge in [0.1, 0.15) is 0 Å². The molecule has 0 rings (SSSR count). The summed E-state index contributed by atoms with van der Waals surface area (Å²) in [4.78, 5) is 10.1. The molecule has 1 amide bonds. The first-order valence-electron chi connectivity index (χ1n) is 4.11. The van der Waals surface area contributed by atoms with E-state index in [0.717, 1.165) is 12.5 Å². The van der Waals surface area contributed by atoms with E-state index in [2.05, 4.69) is 5.32 Å². The van der Waals surface area contributed by atoms with Crippen molar-refractivity contribution in [2.24, 2.45) is 0 Å². The van der Waals surface area contributed by atoms with E-state index in [4.69, 9.17) is 14.0 Å². The van der Waals surface area contributed by atoms with Crippen LogP contribution in [0.2, 0.25) is 12.6 Å². The number of carboxylic acid groups (broad SMARTS) is 1. The molecule has 0 atom stereocenters. The fourth-order valence-corrected chi connectivity index (χ4v) is 2.29. The molecule has 0 unspecified atom stereocenters. The fraction of sp³-hybridized carbons (Fsp3) is 0.857. The average molecular weight is 207 g/mol. The second kappa shape index (κ2) is 5.95. The summed E-state index contributed by atoms with van der Waals surface area (Å²) in [6, 6.07) is 0.792. The third-order valence-electron chi connectivity index (χ3n) is 1.95. The van der Waals surface area contributed by atoms with E-state index in [9.17, 15) is 4.79 Å². The maximum Gasteiger partial charge on any atom is 0.404 e. The van der Waals surface area contributed by atoms with Crippen LogP contribution in [0.4, 0.5) is 4.79 Å². The van der Waals surface area contributed by atoms with Crippen LogP contribution in [0.1, 0.15) is 6.42 Å². The Morgan fingerprint density at radius 3 is 2.38 bits per heavy atom. The summed E-state index contributed by atoms with van der Waals surface area (Å²) in [5, 5.41) is 10.6. The minimum Gasteiger partial charge on any atom is -0.465 e. The molecular weight excluding hydrogens is 190 g/mol. The summed E-state index contributed by atoms with van der Waals surface area (Å²) in [6.45, 7) is 2.40. The molecule has 0 aromatic carbocycles. The molecule has 0 saturated carbocycles. The van der Waals surface area contributed by atoms with Gasteiger partial charge >= 0.3 is 14.7 Å². The molecule has 0 aliphatic rings. The third kappa shape index (κ3) is 5.62. The van der Waals surface area contributed by atoms with Crippen LogP contribution in [0.3, 0.4) is 0 Å². The van der Waals surface area contributed by atoms with Gasteiger partial charge in [-0.3, -0.25) is 0 Å². The lowest BCUT2D eigenvalue weighted by Gasteiger charge is -2.22. The summed E-state index contributed by atoms with van der Waals surface area (Å²) in [6.07, 6.45) is -0.241. The molecule has 0 saturated heterocycles. The van der Waals surface area contributed by atoms with Gasteiger partial charge in [-0.1, -0.05) is 0 Å². The molecule has 0 aliphatic carbocycles. The van der Waals surface area contributed by atoms with Crippen molar-refractivity contribution in [3.8, 4) is 0 Å². The summed E-state index contributed by atoms with van der Waals surface area (Å²) >= 11 is 0. The number of amides is 1. The highest BCUT2D eigenvalue weighted by atomic mass is 28.4. The molecule has 2 N–H and O–H groups in total. The van der Waals surface area contributed by atoms with Crippen LogP contribution in [0.15, 0.2) is 0 Å². The third-order valence-corrected chi connectivity index (χ3v) is 4.94. The molecule has 0 spiro atoms. The van der Waals surface area contributed by atoms with Gasteiger partial charge in [0.2, 0.25) is 0 Å². The lowest BCUT2D eigenvalue weighted by atomic mass is 10.5. The highest BCUT2D eigenvalue weighted by Crippen LogP contribution is 2.12. The first kappa shape index (κ1) is 12.4. The van der Waals surface area contributed by atoms with Crippen LogP contribution in [0, 0.1) is 0 Å². The Hall–Kier alpha value is -0.593. The standard InChI is InChI=1S/C7H17NO4Si/c1-11-13(3,12-2)6-4-5-8-7(9)10/h8H,4-6H2,1-3H3,(H,9,10). The van der Waals surface area contributed by atoms with E-state index in [1.807, 2.05) is 6.55 Å². The minimum atomic E-state index is -2.00. The number of hydrogen-bond donors (Lipinski definition) is 2. The Balaban J connectivity index is 3.55. The van der Waals surface area contributed by atoms with Crippen molar-refractivity contribution in [2.75, 3.05) is 20.8 Å². The first-order chi connectivity index (χ1) is 6.04. The van der Waals surface area contributed by atoms with Crippen molar-refractivity contribution < 1.29 is 18.8 Å². The van der Waals surface area contributed by atoms with Crippen molar-refractivity contribution in [3.63, 3.8) is 0 Å². The Morgan fingerprint density at radius 2 is 2.00 bits per heavy atom. The molecule has 0 aromatic heterocycles. The maximum absolute atomic E-state index is 10.1. The smallest absolute Gasteiger partial charge is 0.404 e. The Kier molecular flexibility index (Phi) is 5.68. The van der Waals surface area contributed by atoms with Gasteiger partial charge in [-0.25, -0.2) is 4.79 Å². The average Bonchev–Trinajstić information content (AvgIpc) is 2.12. The number of carbonyl (C=O) groups is 1.